The van der Waals surface area contributed by atoms with Crippen LogP contribution in [0.5, 0.6) is 5.75 Å². The molecule has 3 rings (SSSR count). The third-order valence-electron chi connectivity index (χ3n) is 4.69. The molecule has 0 aliphatic rings. The number of nitro groups is 1. The lowest BCUT2D eigenvalue weighted by Crippen LogP contribution is -2.27. The third kappa shape index (κ3) is 5.44. The number of carbonyl (C=O) groups excluding carboxylic acids is 1. The average molecular weight is 408 g/mol. The van der Waals surface area contributed by atoms with E-state index in [4.69, 9.17) is 4.74 Å². The van der Waals surface area contributed by atoms with E-state index in [0.29, 0.717) is 31.0 Å². The fourth-order valence-corrected chi connectivity index (χ4v) is 2.98. The molecule has 1 N–H and O–H groups in total. The molecule has 0 atom stereocenters. The zero-order valence-corrected chi connectivity index (χ0v) is 17.0. The van der Waals surface area contributed by atoms with Crippen molar-refractivity contribution in [3.05, 3.63) is 87.1 Å². The number of nitrogens with zero attached hydrogens (tertiary/aromatic N) is 3. The van der Waals surface area contributed by atoms with Crippen LogP contribution in [0.3, 0.4) is 0 Å². The van der Waals surface area contributed by atoms with Gasteiger partial charge in [-0.3, -0.25) is 4.79 Å². The van der Waals surface area contributed by atoms with Gasteiger partial charge >= 0.3 is 5.82 Å². The van der Waals surface area contributed by atoms with Crippen molar-refractivity contribution in [2.75, 3.05) is 6.54 Å². The van der Waals surface area contributed by atoms with E-state index in [9.17, 15) is 14.9 Å². The first-order valence-corrected chi connectivity index (χ1v) is 9.74. The fraction of sp³-hybridized carbons (Fsp3) is 0.273. The highest BCUT2D eigenvalue weighted by atomic mass is 16.6. The normalized spacial score (nSPS) is 10.6. The zero-order valence-electron chi connectivity index (χ0n) is 17.0. The number of nitrogens with one attached hydrogen (secondary N) is 1. The molecular formula is C22H24N4O4. The predicted molar refractivity (Wildman–Crippen MR) is 113 cm³/mol. The van der Waals surface area contributed by atoms with E-state index >= 15 is 0 Å². The lowest BCUT2D eigenvalue weighted by atomic mass is 10.1. The minimum Gasteiger partial charge on any atom is -0.489 e. The topological polar surface area (TPSA) is 99.3 Å². The summed E-state index contributed by atoms with van der Waals surface area (Å²) in [7, 11) is 0. The first-order chi connectivity index (χ1) is 14.5. The molecule has 8 nitrogen and oxygen atoms in total. The molecule has 0 fully saturated rings. The van der Waals surface area contributed by atoms with Gasteiger partial charge < -0.3 is 20.2 Å². The second-order valence-corrected chi connectivity index (χ2v) is 6.87. The van der Waals surface area contributed by atoms with E-state index in [0.717, 1.165) is 17.7 Å². The highest BCUT2D eigenvalue weighted by Crippen LogP contribution is 2.15. The van der Waals surface area contributed by atoms with Gasteiger partial charge in [0.1, 0.15) is 12.4 Å². The van der Waals surface area contributed by atoms with Crippen molar-refractivity contribution in [3.63, 3.8) is 0 Å². The summed E-state index contributed by atoms with van der Waals surface area (Å²) in [5, 5.41) is 17.5. The Hall–Kier alpha value is -3.68. The van der Waals surface area contributed by atoms with E-state index in [1.807, 2.05) is 36.4 Å². The van der Waals surface area contributed by atoms with Crippen LogP contribution in [-0.4, -0.2) is 27.2 Å². The lowest BCUT2D eigenvalue weighted by Gasteiger charge is -2.09. The second kappa shape index (κ2) is 9.69. The quantitative estimate of drug-likeness (QED) is 0.430. The molecule has 1 heterocycles. The second-order valence-electron chi connectivity index (χ2n) is 6.87. The van der Waals surface area contributed by atoms with Gasteiger partial charge in [-0.15, -0.1) is 0 Å². The number of hydrogen-bond acceptors (Lipinski definition) is 5. The molecule has 0 unspecified atom stereocenters. The van der Waals surface area contributed by atoms with E-state index < -0.39 is 4.92 Å². The maximum atomic E-state index is 12.4. The van der Waals surface area contributed by atoms with Gasteiger partial charge in [-0.25, -0.2) is 0 Å². The van der Waals surface area contributed by atoms with Crippen LogP contribution >= 0.6 is 0 Å². The summed E-state index contributed by atoms with van der Waals surface area (Å²) in [6.07, 6.45) is 0.980. The highest BCUT2D eigenvalue weighted by molar-refractivity contribution is 5.94. The summed E-state index contributed by atoms with van der Waals surface area (Å²) in [6, 6.07) is 16.6. The van der Waals surface area contributed by atoms with Crippen molar-refractivity contribution in [3.8, 4) is 5.75 Å². The van der Waals surface area contributed by atoms with Crippen LogP contribution in [0.2, 0.25) is 0 Å². The van der Waals surface area contributed by atoms with Crippen molar-refractivity contribution in [1.29, 1.82) is 0 Å². The highest BCUT2D eigenvalue weighted by Gasteiger charge is 2.15. The first-order valence-electron chi connectivity index (χ1n) is 9.74. The van der Waals surface area contributed by atoms with Crippen LogP contribution < -0.4 is 10.1 Å². The van der Waals surface area contributed by atoms with Gasteiger partial charge in [0.25, 0.3) is 5.91 Å². The molecule has 1 amide bonds. The third-order valence-corrected chi connectivity index (χ3v) is 4.69. The first kappa shape index (κ1) is 21.0. The number of amides is 1. The van der Waals surface area contributed by atoms with Crippen molar-refractivity contribution in [2.24, 2.45) is 0 Å². The standard InChI is InChI=1S/C22H24N4O4/c1-3-17-7-9-20(10-8-17)30-15-18-5-4-6-19(14-18)22(27)23-11-12-25-16(2)13-21(24-25)26(28)29/h4-10,13-14H,3,11-12,15H2,1-2H3,(H,23,27). The van der Waals surface area contributed by atoms with E-state index in [1.165, 1.54) is 16.3 Å². The van der Waals surface area contributed by atoms with Gasteiger partial charge in [-0.2, -0.15) is 4.68 Å². The number of ether oxygens (including phenoxy) is 1. The van der Waals surface area contributed by atoms with Crippen molar-refractivity contribution >= 4 is 11.7 Å². The van der Waals surface area contributed by atoms with Gasteiger partial charge in [0, 0.05) is 12.1 Å². The van der Waals surface area contributed by atoms with Crippen molar-refractivity contribution < 1.29 is 14.5 Å². The van der Waals surface area contributed by atoms with E-state index in [1.54, 1.807) is 19.1 Å². The number of hydrogen-bond donors (Lipinski definition) is 1. The number of rotatable bonds is 9. The smallest absolute Gasteiger partial charge is 0.390 e. The molecule has 0 saturated carbocycles. The molecule has 156 valence electrons. The maximum Gasteiger partial charge on any atom is 0.390 e. The summed E-state index contributed by atoms with van der Waals surface area (Å²) in [6.45, 7) is 4.86. The Balaban J connectivity index is 1.53. The molecule has 3 aromatic rings. The van der Waals surface area contributed by atoms with E-state index in [-0.39, 0.29) is 11.7 Å². The summed E-state index contributed by atoms with van der Waals surface area (Å²) in [5.74, 6) is 0.366. The molecule has 0 radical (unpaired) electrons. The van der Waals surface area contributed by atoms with Crippen LogP contribution in [0.15, 0.2) is 54.6 Å². The molecule has 0 aliphatic heterocycles. The Bertz CT molecular complexity index is 1030. The van der Waals surface area contributed by atoms with Crippen LogP contribution in [0, 0.1) is 17.0 Å². The molecule has 8 heteroatoms. The Morgan fingerprint density at radius 1 is 1.17 bits per heavy atom. The number of carbonyl (C=O) groups is 1. The van der Waals surface area contributed by atoms with Gasteiger partial charge in [-0.1, -0.05) is 31.2 Å². The molecule has 0 saturated heterocycles. The summed E-state index contributed by atoms with van der Waals surface area (Å²) < 4.78 is 7.31. The Morgan fingerprint density at radius 3 is 2.60 bits per heavy atom. The van der Waals surface area contributed by atoms with Crippen LogP contribution in [0.4, 0.5) is 5.82 Å². The van der Waals surface area contributed by atoms with Crippen LogP contribution in [0.1, 0.15) is 34.1 Å². The van der Waals surface area contributed by atoms with Crippen LogP contribution in [0.25, 0.3) is 0 Å². The molecule has 1 aromatic heterocycles. The Morgan fingerprint density at radius 2 is 1.93 bits per heavy atom. The van der Waals surface area contributed by atoms with Gasteiger partial charge in [0.15, 0.2) is 0 Å². The van der Waals surface area contributed by atoms with Crippen LogP contribution in [-0.2, 0) is 19.6 Å². The maximum absolute atomic E-state index is 12.4. The summed E-state index contributed by atoms with van der Waals surface area (Å²) in [5.41, 5.74) is 3.34. The number of aryl methyl sites for hydroxylation is 2. The van der Waals surface area contributed by atoms with Gasteiger partial charge in [0.2, 0.25) is 0 Å². The molecular weight excluding hydrogens is 384 g/mol. The zero-order chi connectivity index (χ0) is 21.5. The number of aromatic nitrogens is 2. The van der Waals surface area contributed by atoms with Gasteiger partial charge in [0.05, 0.1) is 23.4 Å². The Labute approximate surface area is 174 Å². The van der Waals surface area contributed by atoms with Crippen molar-refractivity contribution in [2.45, 2.75) is 33.4 Å². The molecule has 0 spiro atoms. The van der Waals surface area contributed by atoms with Gasteiger partial charge in [-0.05, 0) is 53.7 Å². The summed E-state index contributed by atoms with van der Waals surface area (Å²) in [4.78, 5) is 22.7. The largest absolute Gasteiger partial charge is 0.489 e. The fourth-order valence-electron chi connectivity index (χ4n) is 2.98. The summed E-state index contributed by atoms with van der Waals surface area (Å²) >= 11 is 0. The molecule has 30 heavy (non-hydrogen) atoms. The Kier molecular flexibility index (Phi) is 6.79. The molecule has 0 bridgehead atoms. The number of benzene rings is 2. The minimum absolute atomic E-state index is 0.198. The minimum atomic E-state index is -0.534. The molecule has 2 aromatic carbocycles. The lowest BCUT2D eigenvalue weighted by molar-refractivity contribution is -0.389. The predicted octanol–water partition coefficient (Wildman–Crippen LogP) is 3.67. The monoisotopic (exact) mass is 408 g/mol. The average Bonchev–Trinajstić information content (AvgIpc) is 3.13. The van der Waals surface area contributed by atoms with Crippen molar-refractivity contribution in [1.82, 2.24) is 15.1 Å². The van der Waals surface area contributed by atoms with E-state index in [2.05, 4.69) is 17.3 Å². The molecule has 0 aliphatic carbocycles. The SMILES string of the molecule is CCc1ccc(OCc2cccc(C(=O)NCCn3nc([N+](=O)[O-])cc3C)c2)cc1.